The van der Waals surface area contributed by atoms with Crippen LogP contribution in [0, 0.1) is 0 Å². The van der Waals surface area contributed by atoms with Gasteiger partial charge >= 0.3 is 0 Å². The molecular formula is C5H8OS. The standard InChI is InChI=1S/C5H8OS/c1-5-2-3-6-7-4-5/h4H,2-3H2,1H3. The lowest BCUT2D eigenvalue weighted by Crippen LogP contribution is -1.91. The van der Waals surface area contributed by atoms with Gasteiger partial charge in [-0.25, -0.2) is 0 Å². The molecule has 0 bridgehead atoms. The molecular weight excluding hydrogens is 108 g/mol. The van der Waals surface area contributed by atoms with Gasteiger partial charge in [0.15, 0.2) is 0 Å². The second-order valence-corrected chi connectivity index (χ2v) is 2.30. The fourth-order valence-electron chi connectivity index (χ4n) is 0.426. The van der Waals surface area contributed by atoms with Crippen molar-refractivity contribution in [2.24, 2.45) is 0 Å². The van der Waals surface area contributed by atoms with E-state index in [-0.39, 0.29) is 0 Å². The highest BCUT2D eigenvalue weighted by molar-refractivity contribution is 7.97. The molecule has 0 spiro atoms. The maximum absolute atomic E-state index is 4.98. The van der Waals surface area contributed by atoms with Crippen molar-refractivity contribution in [3.8, 4) is 0 Å². The van der Waals surface area contributed by atoms with E-state index in [4.69, 9.17) is 4.18 Å². The van der Waals surface area contributed by atoms with Crippen molar-refractivity contribution in [2.45, 2.75) is 13.3 Å². The minimum Gasteiger partial charge on any atom is -0.310 e. The predicted octanol–water partition coefficient (Wildman–Crippen LogP) is 1.96. The highest BCUT2D eigenvalue weighted by atomic mass is 32.2. The summed E-state index contributed by atoms with van der Waals surface area (Å²) in [4.78, 5) is 0. The van der Waals surface area contributed by atoms with Gasteiger partial charge in [-0.2, -0.15) is 0 Å². The molecule has 1 aliphatic rings. The quantitative estimate of drug-likeness (QED) is 0.447. The Morgan fingerprint density at radius 2 is 2.71 bits per heavy atom. The van der Waals surface area contributed by atoms with Crippen LogP contribution in [0.2, 0.25) is 0 Å². The number of hydrogen-bond donors (Lipinski definition) is 0. The van der Waals surface area contributed by atoms with Crippen molar-refractivity contribution >= 4 is 12.0 Å². The molecule has 40 valence electrons. The van der Waals surface area contributed by atoms with Crippen LogP contribution in [-0.2, 0) is 4.18 Å². The summed E-state index contributed by atoms with van der Waals surface area (Å²) in [6, 6.07) is 0. The monoisotopic (exact) mass is 116 g/mol. The Kier molecular flexibility index (Phi) is 1.77. The third-order valence-corrected chi connectivity index (χ3v) is 1.70. The first-order valence-electron chi connectivity index (χ1n) is 2.33. The molecule has 1 heterocycles. The maximum atomic E-state index is 4.98. The molecule has 0 saturated carbocycles. The van der Waals surface area contributed by atoms with Gasteiger partial charge in [-0.05, 0) is 18.8 Å². The van der Waals surface area contributed by atoms with Crippen LogP contribution >= 0.6 is 12.0 Å². The van der Waals surface area contributed by atoms with Gasteiger partial charge in [0.25, 0.3) is 0 Å². The van der Waals surface area contributed by atoms with Crippen LogP contribution in [0.4, 0.5) is 0 Å². The summed E-state index contributed by atoms with van der Waals surface area (Å²) in [7, 11) is 0. The Morgan fingerprint density at radius 1 is 1.86 bits per heavy atom. The first-order chi connectivity index (χ1) is 3.39. The second kappa shape index (κ2) is 2.38. The van der Waals surface area contributed by atoms with Gasteiger partial charge in [0.2, 0.25) is 0 Å². The molecule has 7 heavy (non-hydrogen) atoms. The van der Waals surface area contributed by atoms with Crippen LogP contribution < -0.4 is 0 Å². The van der Waals surface area contributed by atoms with E-state index in [9.17, 15) is 0 Å². The van der Waals surface area contributed by atoms with Crippen molar-refractivity contribution in [1.82, 2.24) is 0 Å². The summed E-state index contributed by atoms with van der Waals surface area (Å²) in [5.74, 6) is 0. The van der Waals surface area contributed by atoms with Crippen LogP contribution in [0.3, 0.4) is 0 Å². The van der Waals surface area contributed by atoms with Crippen molar-refractivity contribution in [3.63, 3.8) is 0 Å². The lowest BCUT2D eigenvalue weighted by atomic mass is 10.3. The molecule has 0 saturated heterocycles. The van der Waals surface area contributed by atoms with Crippen molar-refractivity contribution in [3.05, 3.63) is 11.0 Å². The van der Waals surface area contributed by atoms with Gasteiger partial charge in [0.05, 0.1) is 6.61 Å². The van der Waals surface area contributed by atoms with Gasteiger partial charge < -0.3 is 4.18 Å². The summed E-state index contributed by atoms with van der Waals surface area (Å²) in [6.45, 7) is 3.00. The molecule has 1 nitrogen and oxygen atoms in total. The predicted molar refractivity (Wildman–Crippen MR) is 31.9 cm³/mol. The Hall–Kier alpha value is 0.0500. The lowest BCUT2D eigenvalue weighted by Gasteiger charge is -2.05. The average Bonchev–Trinajstić information content (AvgIpc) is 1.69. The normalized spacial score (nSPS) is 21.6. The van der Waals surface area contributed by atoms with Gasteiger partial charge in [0.1, 0.15) is 0 Å². The van der Waals surface area contributed by atoms with Crippen LogP contribution in [0.15, 0.2) is 11.0 Å². The van der Waals surface area contributed by atoms with E-state index in [0.29, 0.717) is 0 Å². The van der Waals surface area contributed by atoms with Crippen LogP contribution in [0.5, 0.6) is 0 Å². The smallest absolute Gasteiger partial charge is 0.0655 e. The van der Waals surface area contributed by atoms with Gasteiger partial charge in [0, 0.05) is 12.0 Å². The minimum atomic E-state index is 0.882. The van der Waals surface area contributed by atoms with Crippen LogP contribution in [0.1, 0.15) is 13.3 Å². The van der Waals surface area contributed by atoms with E-state index in [1.165, 1.54) is 17.6 Å². The van der Waals surface area contributed by atoms with Crippen molar-refractivity contribution in [2.75, 3.05) is 6.61 Å². The molecule has 0 unspecified atom stereocenters. The largest absolute Gasteiger partial charge is 0.310 e. The highest BCUT2D eigenvalue weighted by Crippen LogP contribution is 2.17. The van der Waals surface area contributed by atoms with E-state index in [1.54, 1.807) is 0 Å². The molecule has 0 atom stereocenters. The second-order valence-electron chi connectivity index (χ2n) is 1.63. The third-order valence-electron chi connectivity index (χ3n) is 0.897. The van der Waals surface area contributed by atoms with Crippen molar-refractivity contribution in [1.29, 1.82) is 0 Å². The molecule has 0 aromatic carbocycles. The van der Waals surface area contributed by atoms with E-state index < -0.39 is 0 Å². The molecule has 1 aliphatic heterocycles. The van der Waals surface area contributed by atoms with Gasteiger partial charge in [-0.1, -0.05) is 5.57 Å². The summed E-state index contributed by atoms with van der Waals surface area (Å²) < 4.78 is 4.98. The topological polar surface area (TPSA) is 9.23 Å². The van der Waals surface area contributed by atoms with Gasteiger partial charge in [-0.15, -0.1) is 0 Å². The van der Waals surface area contributed by atoms with E-state index >= 15 is 0 Å². The van der Waals surface area contributed by atoms with E-state index in [2.05, 4.69) is 6.92 Å². The lowest BCUT2D eigenvalue weighted by molar-refractivity contribution is 0.376. The fourth-order valence-corrected chi connectivity index (χ4v) is 0.956. The van der Waals surface area contributed by atoms with Crippen LogP contribution in [0.25, 0.3) is 0 Å². The maximum Gasteiger partial charge on any atom is 0.0655 e. The highest BCUT2D eigenvalue weighted by Gasteiger charge is 1.96. The molecule has 0 aromatic heterocycles. The van der Waals surface area contributed by atoms with Crippen molar-refractivity contribution < 1.29 is 4.18 Å². The SMILES string of the molecule is CC1=CSOCC1. The molecule has 2 heteroatoms. The first kappa shape index (κ1) is 5.19. The van der Waals surface area contributed by atoms with Crippen LogP contribution in [-0.4, -0.2) is 6.61 Å². The number of rotatable bonds is 0. The molecule has 0 aliphatic carbocycles. The Balaban J connectivity index is 2.40. The minimum absolute atomic E-state index is 0.882. The fraction of sp³-hybridized carbons (Fsp3) is 0.600. The Bertz CT molecular complexity index is 88.1. The molecule has 0 aromatic rings. The van der Waals surface area contributed by atoms with E-state index in [1.807, 2.05) is 5.41 Å². The summed E-state index contributed by atoms with van der Waals surface area (Å²) >= 11 is 1.44. The zero-order valence-corrected chi connectivity index (χ0v) is 5.12. The summed E-state index contributed by atoms with van der Waals surface area (Å²) in [5.41, 5.74) is 1.43. The number of hydrogen-bond acceptors (Lipinski definition) is 2. The Morgan fingerprint density at radius 3 is 3.00 bits per heavy atom. The van der Waals surface area contributed by atoms with E-state index in [0.717, 1.165) is 13.0 Å². The molecule has 1 rings (SSSR count). The average molecular weight is 116 g/mol. The Labute approximate surface area is 47.9 Å². The molecule has 0 N–H and O–H groups in total. The zero-order valence-electron chi connectivity index (χ0n) is 4.31. The summed E-state index contributed by atoms with van der Waals surface area (Å²) in [5, 5.41) is 2.05. The van der Waals surface area contributed by atoms with Gasteiger partial charge in [-0.3, -0.25) is 0 Å². The molecule has 0 radical (unpaired) electrons. The summed E-state index contributed by atoms with van der Waals surface area (Å²) in [6.07, 6.45) is 1.10. The molecule has 0 fully saturated rings. The molecule has 0 amide bonds. The zero-order chi connectivity index (χ0) is 5.11. The first-order valence-corrected chi connectivity index (χ1v) is 3.14. The third kappa shape index (κ3) is 1.53.